The Kier molecular flexibility index (Phi) is 7.08. The Morgan fingerprint density at radius 3 is 1.59 bits per heavy atom. The van der Waals surface area contributed by atoms with Crippen LogP contribution in [0.4, 0.5) is 13.2 Å². The van der Waals surface area contributed by atoms with Gasteiger partial charge in [0.1, 0.15) is 0 Å². The maximum atomic E-state index is 12.9. The normalized spacial score (nSPS) is 15.0. The molecule has 0 saturated carbocycles. The summed E-state index contributed by atoms with van der Waals surface area (Å²) in [6.45, 7) is 2.74. The van der Waals surface area contributed by atoms with Gasteiger partial charge in [0, 0.05) is 23.0 Å². The van der Waals surface area contributed by atoms with Crippen LogP contribution in [0.1, 0.15) is 42.0 Å². The van der Waals surface area contributed by atoms with Crippen molar-refractivity contribution in [3.63, 3.8) is 0 Å². The summed E-state index contributed by atoms with van der Waals surface area (Å²) in [4.78, 5) is 0. The summed E-state index contributed by atoms with van der Waals surface area (Å²) in [7, 11) is 0. The number of halogens is 3. The van der Waals surface area contributed by atoms with E-state index in [9.17, 15) is 23.4 Å². The number of benzene rings is 1. The van der Waals surface area contributed by atoms with Crippen LogP contribution < -0.4 is 0 Å². The topological polar surface area (TPSA) is 88.0 Å². The van der Waals surface area contributed by atoms with Gasteiger partial charge in [0.05, 0.1) is 41.0 Å². The van der Waals surface area contributed by atoms with Gasteiger partial charge < -0.3 is 10.2 Å². The third-order valence-electron chi connectivity index (χ3n) is 3.11. The van der Waals surface area contributed by atoms with E-state index < -0.39 is 41.0 Å². The average molecular weight is 354 g/mol. The van der Waals surface area contributed by atoms with Crippen LogP contribution in [0.5, 0.6) is 0 Å². The zero-order valence-corrected chi connectivity index (χ0v) is 12.8. The molecule has 0 aliphatic rings. The second-order valence-corrected chi connectivity index (χ2v) is 4.72. The average Bonchev–Trinajstić information content (AvgIpc) is 2.35. The fraction of sp³-hybridized carbons (Fsp3) is 0.429. The summed E-state index contributed by atoms with van der Waals surface area (Å²) in [5, 5.41) is 37.1. The molecule has 1 aromatic rings. The Balaban J connectivity index is 0.00000441. The Hall–Kier alpha value is -1.57. The molecule has 0 fully saturated rings. The maximum absolute atomic E-state index is 12.9. The molecule has 0 radical (unpaired) electrons. The Morgan fingerprint density at radius 1 is 1.00 bits per heavy atom. The van der Waals surface area contributed by atoms with Crippen molar-refractivity contribution in [2.75, 3.05) is 0 Å². The van der Waals surface area contributed by atoms with Gasteiger partial charge in [0.2, 0.25) is 0 Å². The minimum atomic E-state index is -4.83. The van der Waals surface area contributed by atoms with Crippen molar-refractivity contribution in [3.05, 3.63) is 34.4 Å². The van der Waals surface area contributed by atoms with Gasteiger partial charge in [-0.15, -0.1) is 0 Å². The predicted octanol–water partition coefficient (Wildman–Crippen LogP) is 2.29. The van der Waals surface area contributed by atoms with E-state index in [-0.39, 0.29) is 22.6 Å². The Morgan fingerprint density at radius 2 is 1.36 bits per heavy atom. The van der Waals surface area contributed by atoms with Crippen molar-refractivity contribution in [1.82, 2.24) is 0 Å². The summed E-state index contributed by atoms with van der Waals surface area (Å²) in [6.07, 6.45) is -6.94. The molecule has 8 heteroatoms. The molecule has 0 bridgehead atoms. The fourth-order valence-corrected chi connectivity index (χ4v) is 2.30. The molecule has 0 aromatic heterocycles. The SMILES string of the molecule is CC(O)C(c1cc(C#N)c(C(F)(F)F)c(C#N)c1)C(C)O.[Fe]. The van der Waals surface area contributed by atoms with Gasteiger partial charge in [-0.05, 0) is 31.5 Å². The van der Waals surface area contributed by atoms with Crippen LogP contribution in [0.3, 0.4) is 0 Å². The monoisotopic (exact) mass is 354 g/mol. The van der Waals surface area contributed by atoms with Crippen molar-refractivity contribution in [2.45, 2.75) is 38.1 Å². The van der Waals surface area contributed by atoms with Crippen molar-refractivity contribution >= 4 is 0 Å². The molecule has 0 heterocycles. The number of aliphatic hydroxyl groups excluding tert-OH is 2. The van der Waals surface area contributed by atoms with Crippen LogP contribution in [-0.2, 0) is 23.2 Å². The molecule has 2 atom stereocenters. The zero-order valence-electron chi connectivity index (χ0n) is 11.7. The molecule has 0 aliphatic heterocycles. The number of aliphatic hydroxyl groups is 2. The summed E-state index contributed by atoms with van der Waals surface area (Å²) in [5.41, 5.74) is -2.60. The van der Waals surface area contributed by atoms with Gasteiger partial charge in [0.25, 0.3) is 0 Å². The molecule has 0 aliphatic carbocycles. The third-order valence-corrected chi connectivity index (χ3v) is 3.11. The van der Waals surface area contributed by atoms with Crippen LogP contribution in [-0.4, -0.2) is 22.4 Å². The standard InChI is InChI=1S/C14H13F3N2O2.Fe/c1-7(20)12(8(2)21)9-3-10(5-18)13(14(15,16)17)11(4-9)6-19;/h3-4,7-8,12,20-21H,1-2H3;. The van der Waals surface area contributed by atoms with Gasteiger partial charge in [-0.1, -0.05) is 0 Å². The second kappa shape index (κ2) is 7.62. The first kappa shape index (κ1) is 20.4. The molecule has 0 spiro atoms. The number of hydrogen-bond acceptors (Lipinski definition) is 4. The van der Waals surface area contributed by atoms with E-state index in [1.54, 1.807) is 0 Å². The molecule has 0 amide bonds. The number of hydrogen-bond donors (Lipinski definition) is 2. The number of nitriles is 2. The fourth-order valence-electron chi connectivity index (χ4n) is 2.30. The molecule has 2 N–H and O–H groups in total. The quantitative estimate of drug-likeness (QED) is 0.816. The summed E-state index contributed by atoms with van der Waals surface area (Å²) < 4.78 is 38.8. The van der Waals surface area contributed by atoms with E-state index >= 15 is 0 Å². The summed E-state index contributed by atoms with van der Waals surface area (Å²) in [6, 6.07) is 4.74. The molecular weight excluding hydrogens is 341 g/mol. The smallest absolute Gasteiger partial charge is 0.393 e. The minimum Gasteiger partial charge on any atom is -0.393 e. The van der Waals surface area contributed by atoms with Gasteiger partial charge in [-0.25, -0.2) is 0 Å². The third kappa shape index (κ3) is 4.22. The maximum Gasteiger partial charge on any atom is 0.418 e. The van der Waals surface area contributed by atoms with Crippen molar-refractivity contribution in [2.24, 2.45) is 0 Å². The minimum absolute atomic E-state index is 0. The summed E-state index contributed by atoms with van der Waals surface area (Å²) in [5.74, 6) is -0.897. The number of rotatable bonds is 3. The van der Waals surface area contributed by atoms with Gasteiger partial charge >= 0.3 is 6.18 Å². The van der Waals surface area contributed by atoms with E-state index in [2.05, 4.69) is 0 Å². The van der Waals surface area contributed by atoms with Crippen molar-refractivity contribution in [3.8, 4) is 12.1 Å². The Labute approximate surface area is 136 Å². The first-order chi connectivity index (χ1) is 9.63. The van der Waals surface area contributed by atoms with Gasteiger partial charge in [-0.3, -0.25) is 0 Å². The van der Waals surface area contributed by atoms with E-state index in [0.717, 1.165) is 12.1 Å². The zero-order chi connectivity index (χ0) is 16.4. The first-order valence-electron chi connectivity index (χ1n) is 6.05. The van der Waals surface area contributed by atoms with E-state index in [4.69, 9.17) is 10.5 Å². The van der Waals surface area contributed by atoms with Crippen LogP contribution in [0.15, 0.2) is 12.1 Å². The van der Waals surface area contributed by atoms with Crippen LogP contribution >= 0.6 is 0 Å². The van der Waals surface area contributed by atoms with E-state index in [0.29, 0.717) is 0 Å². The molecular formula is C14H13F3FeN2O2. The molecule has 1 rings (SSSR count). The largest absolute Gasteiger partial charge is 0.418 e. The van der Waals surface area contributed by atoms with Crippen LogP contribution in [0.25, 0.3) is 0 Å². The molecule has 2 unspecified atom stereocenters. The number of nitrogens with zero attached hydrogens (tertiary/aromatic N) is 2. The van der Waals surface area contributed by atoms with Crippen LogP contribution in [0, 0.1) is 22.7 Å². The van der Waals surface area contributed by atoms with Gasteiger partial charge in [0.15, 0.2) is 0 Å². The molecule has 4 nitrogen and oxygen atoms in total. The van der Waals surface area contributed by atoms with E-state index in [1.165, 1.54) is 26.0 Å². The summed E-state index contributed by atoms with van der Waals surface area (Å²) >= 11 is 0. The predicted molar refractivity (Wildman–Crippen MR) is 67.0 cm³/mol. The van der Waals surface area contributed by atoms with E-state index in [1.807, 2.05) is 0 Å². The Bertz CT molecular complexity index is 573. The first-order valence-corrected chi connectivity index (χ1v) is 6.05. The van der Waals surface area contributed by atoms with Crippen molar-refractivity contribution in [1.29, 1.82) is 10.5 Å². The van der Waals surface area contributed by atoms with Crippen molar-refractivity contribution < 1.29 is 40.5 Å². The molecule has 22 heavy (non-hydrogen) atoms. The second-order valence-electron chi connectivity index (χ2n) is 4.72. The molecule has 120 valence electrons. The van der Waals surface area contributed by atoms with Crippen LogP contribution in [0.2, 0.25) is 0 Å². The molecule has 1 aromatic carbocycles. The number of alkyl halides is 3. The van der Waals surface area contributed by atoms with Gasteiger partial charge in [-0.2, -0.15) is 23.7 Å². The molecule has 0 saturated heterocycles.